The molecule has 2 fully saturated rings. The van der Waals surface area contributed by atoms with Crippen molar-refractivity contribution < 1.29 is 13.2 Å². The lowest BCUT2D eigenvalue weighted by atomic mass is 9.93. The van der Waals surface area contributed by atoms with Crippen LogP contribution in [-0.4, -0.2) is 63.3 Å². The van der Waals surface area contributed by atoms with Crippen LogP contribution in [0.1, 0.15) is 32.1 Å². The minimum absolute atomic E-state index is 0.00371. The Morgan fingerprint density at radius 1 is 1.27 bits per heavy atom. The van der Waals surface area contributed by atoms with Gasteiger partial charge in [-0.25, -0.2) is 8.42 Å². The highest BCUT2D eigenvalue weighted by atomic mass is 32.2. The molecule has 2 saturated heterocycles. The van der Waals surface area contributed by atoms with Gasteiger partial charge in [0.2, 0.25) is 5.91 Å². The van der Waals surface area contributed by atoms with Gasteiger partial charge in [0.1, 0.15) is 4.21 Å². The van der Waals surface area contributed by atoms with E-state index in [-0.39, 0.29) is 11.8 Å². The third-order valence-corrected chi connectivity index (χ3v) is 8.77. The van der Waals surface area contributed by atoms with Gasteiger partial charge in [0.15, 0.2) is 0 Å². The molecule has 0 bridgehead atoms. The zero-order chi connectivity index (χ0) is 18.6. The van der Waals surface area contributed by atoms with Crippen molar-refractivity contribution >= 4 is 27.3 Å². The quantitative estimate of drug-likeness (QED) is 0.794. The normalized spacial score (nSPS) is 23.8. The summed E-state index contributed by atoms with van der Waals surface area (Å²) in [6.07, 6.45) is 4.91. The number of carbonyl (C=O) groups excluding carboxylic acids is 1. The van der Waals surface area contributed by atoms with Crippen LogP contribution in [0.25, 0.3) is 0 Å². The van der Waals surface area contributed by atoms with Gasteiger partial charge in [-0.3, -0.25) is 4.79 Å². The van der Waals surface area contributed by atoms with Gasteiger partial charge in [-0.05, 0) is 69.6 Å². The van der Waals surface area contributed by atoms with Gasteiger partial charge in [-0.2, -0.15) is 4.31 Å². The molecule has 6 nitrogen and oxygen atoms in total. The van der Waals surface area contributed by atoms with Crippen molar-refractivity contribution in [3.63, 3.8) is 0 Å². The van der Waals surface area contributed by atoms with Crippen LogP contribution in [0.2, 0.25) is 0 Å². The van der Waals surface area contributed by atoms with Crippen molar-refractivity contribution in [1.29, 1.82) is 0 Å². The van der Waals surface area contributed by atoms with E-state index in [1.165, 1.54) is 28.5 Å². The van der Waals surface area contributed by atoms with Gasteiger partial charge >= 0.3 is 0 Å². The van der Waals surface area contributed by atoms with E-state index in [0.29, 0.717) is 29.8 Å². The van der Waals surface area contributed by atoms with Gasteiger partial charge in [-0.1, -0.05) is 6.07 Å². The molecule has 1 N–H and O–H groups in total. The van der Waals surface area contributed by atoms with Crippen LogP contribution in [0.15, 0.2) is 21.7 Å². The standard InChI is InChI=1S/C18H29N3O3S2/c1-20-11-7-15(8-12-20)6-9-19-18(22)16-4-2-10-21(14-16)26(23,24)17-5-3-13-25-17/h3,5,13,15-16H,2,4,6-12,14H2,1H3,(H,19,22)/t16-/m0/s1. The number of thiophene rings is 1. The van der Waals surface area contributed by atoms with Crippen molar-refractivity contribution in [3.8, 4) is 0 Å². The Balaban J connectivity index is 1.47. The molecule has 1 aromatic heterocycles. The minimum Gasteiger partial charge on any atom is -0.356 e. The Hall–Kier alpha value is -0.960. The Labute approximate surface area is 160 Å². The highest BCUT2D eigenvalue weighted by Gasteiger charge is 2.33. The first-order valence-electron chi connectivity index (χ1n) is 9.46. The lowest BCUT2D eigenvalue weighted by molar-refractivity contribution is -0.126. The molecule has 3 rings (SSSR count). The maximum Gasteiger partial charge on any atom is 0.252 e. The monoisotopic (exact) mass is 399 g/mol. The number of hydrogen-bond acceptors (Lipinski definition) is 5. The molecule has 0 radical (unpaired) electrons. The molecule has 0 unspecified atom stereocenters. The first-order chi connectivity index (χ1) is 12.5. The number of likely N-dealkylation sites (tertiary alicyclic amines) is 1. The Morgan fingerprint density at radius 3 is 2.73 bits per heavy atom. The number of hydrogen-bond donors (Lipinski definition) is 1. The third kappa shape index (κ3) is 4.85. The van der Waals surface area contributed by atoms with Crippen molar-refractivity contribution in [2.75, 3.05) is 39.8 Å². The second-order valence-corrected chi connectivity index (χ2v) is 10.6. The van der Waals surface area contributed by atoms with Crippen molar-refractivity contribution in [2.24, 2.45) is 11.8 Å². The molecular weight excluding hydrogens is 370 g/mol. The number of rotatable bonds is 6. The summed E-state index contributed by atoms with van der Waals surface area (Å²) in [7, 11) is -1.31. The summed E-state index contributed by atoms with van der Waals surface area (Å²) < 4.78 is 27.2. The topological polar surface area (TPSA) is 69.7 Å². The molecule has 26 heavy (non-hydrogen) atoms. The van der Waals surface area contributed by atoms with E-state index in [4.69, 9.17) is 0 Å². The molecule has 1 amide bonds. The maximum atomic E-state index is 12.7. The third-order valence-electron chi connectivity index (χ3n) is 5.53. The molecule has 0 spiro atoms. The van der Waals surface area contributed by atoms with Crippen LogP contribution < -0.4 is 5.32 Å². The summed E-state index contributed by atoms with van der Waals surface area (Å²) in [5.41, 5.74) is 0. The fourth-order valence-corrected chi connectivity index (χ4v) is 6.48. The first kappa shape index (κ1) is 19.8. The number of nitrogens with one attached hydrogen (secondary N) is 1. The average Bonchev–Trinajstić information content (AvgIpc) is 3.19. The lowest BCUT2D eigenvalue weighted by Gasteiger charge is -2.31. The average molecular weight is 400 g/mol. The van der Waals surface area contributed by atoms with Gasteiger partial charge < -0.3 is 10.2 Å². The Morgan fingerprint density at radius 2 is 2.04 bits per heavy atom. The molecule has 0 aliphatic carbocycles. The number of amides is 1. The predicted octanol–water partition coefficient (Wildman–Crippen LogP) is 2.00. The lowest BCUT2D eigenvalue weighted by Crippen LogP contribution is -2.45. The molecule has 8 heteroatoms. The fourth-order valence-electron chi connectivity index (χ4n) is 3.81. The summed E-state index contributed by atoms with van der Waals surface area (Å²) in [6, 6.07) is 3.37. The number of piperidine rings is 2. The largest absolute Gasteiger partial charge is 0.356 e. The van der Waals surface area contributed by atoms with E-state index in [9.17, 15) is 13.2 Å². The van der Waals surface area contributed by atoms with Crippen LogP contribution in [0.3, 0.4) is 0 Å². The van der Waals surface area contributed by atoms with Gasteiger partial charge in [-0.15, -0.1) is 11.3 Å². The van der Waals surface area contributed by atoms with E-state index >= 15 is 0 Å². The van der Waals surface area contributed by atoms with Gasteiger partial charge in [0.05, 0.1) is 5.92 Å². The highest BCUT2D eigenvalue weighted by molar-refractivity contribution is 7.91. The molecule has 2 aliphatic rings. The van der Waals surface area contributed by atoms with Crippen LogP contribution in [-0.2, 0) is 14.8 Å². The fraction of sp³-hybridized carbons (Fsp3) is 0.722. The summed E-state index contributed by atoms with van der Waals surface area (Å²) in [6.45, 7) is 3.76. The van der Waals surface area contributed by atoms with Crippen molar-refractivity contribution in [1.82, 2.24) is 14.5 Å². The predicted molar refractivity (Wildman–Crippen MR) is 104 cm³/mol. The second-order valence-electron chi connectivity index (χ2n) is 7.46. The van der Waals surface area contributed by atoms with Crippen molar-refractivity contribution in [3.05, 3.63) is 17.5 Å². The summed E-state index contributed by atoms with van der Waals surface area (Å²) >= 11 is 1.23. The number of carbonyl (C=O) groups is 1. The SMILES string of the molecule is CN1CCC(CCNC(=O)[C@H]2CCCN(S(=O)(=O)c3cccs3)C2)CC1. The molecule has 146 valence electrons. The maximum absolute atomic E-state index is 12.7. The van der Waals surface area contributed by atoms with Crippen LogP contribution in [0.5, 0.6) is 0 Å². The summed E-state index contributed by atoms with van der Waals surface area (Å²) in [5.74, 6) is 0.452. The molecule has 0 aromatic carbocycles. The number of sulfonamides is 1. The molecule has 0 saturated carbocycles. The van der Waals surface area contributed by atoms with Crippen LogP contribution in [0, 0.1) is 11.8 Å². The van der Waals surface area contributed by atoms with E-state index in [2.05, 4.69) is 17.3 Å². The Bertz CT molecular complexity index is 683. The van der Waals surface area contributed by atoms with Crippen LogP contribution >= 0.6 is 11.3 Å². The summed E-state index contributed by atoms with van der Waals surface area (Å²) in [4.78, 5) is 14.9. The van der Waals surface area contributed by atoms with Gasteiger partial charge in [0.25, 0.3) is 10.0 Å². The molecule has 2 aliphatic heterocycles. The minimum atomic E-state index is -3.46. The molecule has 1 atom stereocenters. The Kier molecular flexibility index (Phi) is 6.71. The van der Waals surface area contributed by atoms with E-state index in [1.807, 2.05) is 0 Å². The van der Waals surface area contributed by atoms with E-state index in [1.54, 1.807) is 17.5 Å². The molecular formula is C18H29N3O3S2. The zero-order valence-corrected chi connectivity index (χ0v) is 17.0. The van der Waals surface area contributed by atoms with Crippen molar-refractivity contribution in [2.45, 2.75) is 36.3 Å². The first-order valence-corrected chi connectivity index (χ1v) is 11.8. The van der Waals surface area contributed by atoms with Crippen LogP contribution in [0.4, 0.5) is 0 Å². The zero-order valence-electron chi connectivity index (χ0n) is 15.4. The van der Waals surface area contributed by atoms with Gasteiger partial charge in [0, 0.05) is 19.6 Å². The highest BCUT2D eigenvalue weighted by Crippen LogP contribution is 2.26. The second kappa shape index (κ2) is 8.82. The molecule has 3 heterocycles. The summed E-state index contributed by atoms with van der Waals surface area (Å²) in [5, 5.41) is 4.81. The molecule has 1 aromatic rings. The number of nitrogens with zero attached hydrogens (tertiary/aromatic N) is 2. The smallest absolute Gasteiger partial charge is 0.252 e. The van der Waals surface area contributed by atoms with E-state index < -0.39 is 10.0 Å². The van der Waals surface area contributed by atoms with E-state index in [0.717, 1.165) is 32.4 Å².